The molecule has 1 saturated heterocycles. The first-order valence-electron chi connectivity index (χ1n) is 5.11. The average Bonchev–Trinajstić information content (AvgIpc) is 2.97. The van der Waals surface area contributed by atoms with Gasteiger partial charge in [0.1, 0.15) is 17.0 Å². The molecule has 3 rings (SSSR count). The summed E-state index contributed by atoms with van der Waals surface area (Å²) in [5.41, 5.74) is 0.936. The SMILES string of the molecule is Brc1cc([C@@H]2CC[C@@H](c3conc3Br)O2)on1. The fourth-order valence-corrected chi connectivity index (χ4v) is 2.66. The smallest absolute Gasteiger partial charge is 0.166 e. The number of rotatable bonds is 2. The molecule has 0 saturated carbocycles. The van der Waals surface area contributed by atoms with Crippen molar-refractivity contribution in [3.8, 4) is 0 Å². The highest BCUT2D eigenvalue weighted by Crippen LogP contribution is 2.42. The molecule has 90 valence electrons. The number of nitrogens with zero attached hydrogens (tertiary/aromatic N) is 2. The Balaban J connectivity index is 1.76. The largest absolute Gasteiger partial charge is 0.363 e. The second-order valence-corrected chi connectivity index (χ2v) is 5.37. The van der Waals surface area contributed by atoms with Crippen molar-refractivity contribution in [1.29, 1.82) is 0 Å². The molecule has 17 heavy (non-hydrogen) atoms. The van der Waals surface area contributed by atoms with Gasteiger partial charge in [0.05, 0.1) is 11.7 Å². The molecule has 0 spiro atoms. The van der Waals surface area contributed by atoms with Gasteiger partial charge in [-0.05, 0) is 44.7 Å². The van der Waals surface area contributed by atoms with Crippen LogP contribution in [0.3, 0.4) is 0 Å². The Labute approximate surface area is 114 Å². The van der Waals surface area contributed by atoms with Gasteiger partial charge in [-0.25, -0.2) is 0 Å². The molecule has 0 unspecified atom stereocenters. The van der Waals surface area contributed by atoms with Crippen LogP contribution in [0.5, 0.6) is 0 Å². The molecule has 5 nitrogen and oxygen atoms in total. The van der Waals surface area contributed by atoms with E-state index in [1.165, 1.54) is 0 Å². The Hall–Kier alpha value is -0.660. The predicted molar refractivity (Wildman–Crippen MR) is 64.2 cm³/mol. The van der Waals surface area contributed by atoms with E-state index >= 15 is 0 Å². The van der Waals surface area contributed by atoms with Gasteiger partial charge in [-0.1, -0.05) is 10.3 Å². The summed E-state index contributed by atoms with van der Waals surface area (Å²) in [6.45, 7) is 0. The highest BCUT2D eigenvalue weighted by Gasteiger charge is 2.32. The summed E-state index contributed by atoms with van der Waals surface area (Å²) in [7, 11) is 0. The maximum Gasteiger partial charge on any atom is 0.166 e. The molecule has 1 aliphatic rings. The number of halogens is 2. The van der Waals surface area contributed by atoms with E-state index in [2.05, 4.69) is 42.2 Å². The lowest BCUT2D eigenvalue weighted by Crippen LogP contribution is -1.98. The topological polar surface area (TPSA) is 61.3 Å². The van der Waals surface area contributed by atoms with Crippen molar-refractivity contribution >= 4 is 31.9 Å². The molecule has 1 fully saturated rings. The summed E-state index contributed by atoms with van der Waals surface area (Å²) < 4.78 is 17.3. The maximum absolute atomic E-state index is 5.90. The Morgan fingerprint density at radius 2 is 2.00 bits per heavy atom. The molecule has 0 bridgehead atoms. The zero-order valence-corrected chi connectivity index (χ0v) is 11.8. The van der Waals surface area contributed by atoms with E-state index in [-0.39, 0.29) is 12.2 Å². The lowest BCUT2D eigenvalue weighted by molar-refractivity contribution is 0.0277. The Morgan fingerprint density at radius 3 is 2.65 bits per heavy atom. The fourth-order valence-electron chi connectivity index (χ4n) is 1.93. The summed E-state index contributed by atoms with van der Waals surface area (Å²) >= 11 is 6.58. The van der Waals surface area contributed by atoms with Crippen molar-refractivity contribution < 1.29 is 13.8 Å². The minimum Gasteiger partial charge on any atom is -0.363 e. The summed E-state index contributed by atoms with van der Waals surface area (Å²) in [4.78, 5) is 0. The van der Waals surface area contributed by atoms with E-state index in [0.717, 1.165) is 24.2 Å². The van der Waals surface area contributed by atoms with Gasteiger partial charge in [-0.2, -0.15) is 0 Å². The predicted octanol–water partition coefficient (Wildman–Crippen LogP) is 3.78. The number of hydrogen-bond donors (Lipinski definition) is 0. The second-order valence-electron chi connectivity index (χ2n) is 3.80. The van der Waals surface area contributed by atoms with Crippen LogP contribution in [0, 0.1) is 0 Å². The third-order valence-corrected chi connectivity index (χ3v) is 3.71. The molecule has 0 radical (unpaired) electrons. The second kappa shape index (κ2) is 4.55. The van der Waals surface area contributed by atoms with Crippen molar-refractivity contribution in [3.05, 3.63) is 32.9 Å². The highest BCUT2D eigenvalue weighted by atomic mass is 79.9. The standard InChI is InChI=1S/C10H8Br2N2O3/c11-9-3-8(17-13-9)7-2-1-6(16-7)5-4-15-14-10(5)12/h3-4,6-7H,1-2H2/t6-,7-/m0/s1. The van der Waals surface area contributed by atoms with E-state index in [1.807, 2.05) is 6.07 Å². The zero-order valence-electron chi connectivity index (χ0n) is 8.60. The summed E-state index contributed by atoms with van der Waals surface area (Å²) in [5.74, 6) is 0.743. The van der Waals surface area contributed by atoms with Gasteiger partial charge in [0, 0.05) is 6.07 Å². The first kappa shape index (κ1) is 11.4. The molecule has 7 heteroatoms. The lowest BCUT2D eigenvalue weighted by atomic mass is 10.1. The molecular formula is C10H8Br2N2O3. The van der Waals surface area contributed by atoms with Gasteiger partial charge >= 0.3 is 0 Å². The minimum atomic E-state index is -0.0550. The molecule has 2 aromatic heterocycles. The van der Waals surface area contributed by atoms with Crippen molar-refractivity contribution in [1.82, 2.24) is 10.3 Å². The molecule has 0 amide bonds. The van der Waals surface area contributed by atoms with Crippen LogP contribution in [0.4, 0.5) is 0 Å². The number of ether oxygens (including phenoxy) is 1. The van der Waals surface area contributed by atoms with Gasteiger partial charge in [-0.3, -0.25) is 0 Å². The summed E-state index contributed by atoms with van der Waals surface area (Å²) in [6.07, 6.45) is 3.34. The van der Waals surface area contributed by atoms with Crippen LogP contribution < -0.4 is 0 Å². The van der Waals surface area contributed by atoms with E-state index in [1.54, 1.807) is 6.26 Å². The van der Waals surface area contributed by atoms with E-state index in [0.29, 0.717) is 9.21 Å². The van der Waals surface area contributed by atoms with Gasteiger partial charge in [-0.15, -0.1) is 0 Å². The van der Waals surface area contributed by atoms with Crippen molar-refractivity contribution in [2.75, 3.05) is 0 Å². The van der Waals surface area contributed by atoms with Crippen LogP contribution in [0.15, 0.2) is 30.6 Å². The van der Waals surface area contributed by atoms with Crippen LogP contribution in [0.1, 0.15) is 36.4 Å². The average molecular weight is 364 g/mol. The van der Waals surface area contributed by atoms with E-state index < -0.39 is 0 Å². The third kappa shape index (κ3) is 2.19. The first-order valence-corrected chi connectivity index (χ1v) is 6.70. The minimum absolute atomic E-state index is 0.00972. The van der Waals surface area contributed by atoms with Gasteiger partial charge < -0.3 is 13.8 Å². The molecule has 1 aliphatic heterocycles. The van der Waals surface area contributed by atoms with Crippen LogP contribution in [0.2, 0.25) is 0 Å². The van der Waals surface area contributed by atoms with E-state index in [4.69, 9.17) is 13.8 Å². The third-order valence-electron chi connectivity index (χ3n) is 2.73. The Bertz CT molecular complexity index is 525. The molecule has 0 aromatic carbocycles. The van der Waals surface area contributed by atoms with Gasteiger partial charge in [0.2, 0.25) is 0 Å². The van der Waals surface area contributed by atoms with Gasteiger partial charge in [0.15, 0.2) is 10.4 Å². The fraction of sp³-hybridized carbons (Fsp3) is 0.400. The molecule has 0 N–H and O–H groups in total. The molecular weight excluding hydrogens is 356 g/mol. The highest BCUT2D eigenvalue weighted by molar-refractivity contribution is 9.10. The van der Waals surface area contributed by atoms with Crippen LogP contribution >= 0.6 is 31.9 Å². The quantitative estimate of drug-likeness (QED) is 0.812. The van der Waals surface area contributed by atoms with Crippen molar-refractivity contribution in [3.63, 3.8) is 0 Å². The Kier molecular flexibility index (Phi) is 3.06. The summed E-state index contributed by atoms with van der Waals surface area (Å²) in [5, 5.41) is 7.57. The van der Waals surface area contributed by atoms with Crippen molar-refractivity contribution in [2.45, 2.75) is 25.0 Å². The summed E-state index contributed by atoms with van der Waals surface area (Å²) in [6, 6.07) is 1.83. The molecule has 0 aliphatic carbocycles. The molecule has 3 heterocycles. The molecule has 2 atom stereocenters. The number of aromatic nitrogens is 2. The zero-order chi connectivity index (χ0) is 11.8. The molecule has 2 aromatic rings. The van der Waals surface area contributed by atoms with Crippen LogP contribution in [-0.2, 0) is 4.74 Å². The monoisotopic (exact) mass is 362 g/mol. The van der Waals surface area contributed by atoms with Crippen LogP contribution in [0.25, 0.3) is 0 Å². The lowest BCUT2D eigenvalue weighted by Gasteiger charge is -2.09. The number of hydrogen-bond acceptors (Lipinski definition) is 5. The normalized spacial score (nSPS) is 24.4. The maximum atomic E-state index is 5.90. The Morgan fingerprint density at radius 1 is 1.18 bits per heavy atom. The first-order chi connectivity index (χ1) is 8.24. The van der Waals surface area contributed by atoms with Crippen molar-refractivity contribution in [2.24, 2.45) is 0 Å². The van der Waals surface area contributed by atoms with E-state index in [9.17, 15) is 0 Å². The van der Waals surface area contributed by atoms with Crippen LogP contribution in [-0.4, -0.2) is 10.3 Å². The van der Waals surface area contributed by atoms with Gasteiger partial charge in [0.25, 0.3) is 0 Å².